The minimum absolute atomic E-state index is 0.406. The molecule has 5 heteroatoms. The van der Waals surface area contributed by atoms with E-state index in [0.717, 1.165) is 43.2 Å². The Kier molecular flexibility index (Phi) is 7.63. The number of para-hydroxylation sites is 1. The number of nitrogens with two attached hydrogens (primary N) is 1. The molecule has 2 aromatic rings. The van der Waals surface area contributed by atoms with Crippen molar-refractivity contribution in [1.29, 1.82) is 0 Å². The first-order valence-electron chi connectivity index (χ1n) is 8.25. The molecule has 5 nitrogen and oxygen atoms in total. The molecule has 2 aromatic carbocycles. The lowest BCUT2D eigenvalue weighted by molar-refractivity contribution is 0.144. The topological polar surface area (TPSA) is 68.9 Å². The molecule has 2 rings (SSSR count). The number of nitrogens with one attached hydrogen (secondary N) is 1. The molecule has 0 bridgehead atoms. The molecule has 0 saturated carbocycles. The number of ether oxygens (including phenoxy) is 2. The summed E-state index contributed by atoms with van der Waals surface area (Å²) in [6.07, 6.45) is 1.95. The summed E-state index contributed by atoms with van der Waals surface area (Å²) in [5.41, 5.74) is 6.76. The first kappa shape index (κ1) is 17.8. The molecule has 0 fully saturated rings. The molecule has 0 saturated heterocycles. The Morgan fingerprint density at radius 2 is 1.83 bits per heavy atom. The van der Waals surface area contributed by atoms with Gasteiger partial charge >= 0.3 is 0 Å². The van der Waals surface area contributed by atoms with E-state index < -0.39 is 0 Å². The summed E-state index contributed by atoms with van der Waals surface area (Å²) in [5.74, 6) is 1.95. The number of anilines is 1. The second-order valence-corrected chi connectivity index (χ2v) is 5.24. The monoisotopic (exact) mass is 327 g/mol. The summed E-state index contributed by atoms with van der Waals surface area (Å²) in [6.45, 7) is 4.22. The Morgan fingerprint density at radius 3 is 2.62 bits per heavy atom. The second kappa shape index (κ2) is 10.3. The van der Waals surface area contributed by atoms with Crippen molar-refractivity contribution in [2.75, 3.05) is 25.1 Å². The predicted octanol–water partition coefficient (Wildman–Crippen LogP) is 4.02. The molecule has 0 aliphatic heterocycles. The highest BCUT2D eigenvalue weighted by molar-refractivity contribution is 5.92. The van der Waals surface area contributed by atoms with Crippen molar-refractivity contribution in [3.63, 3.8) is 0 Å². The van der Waals surface area contributed by atoms with Crippen LogP contribution in [0.3, 0.4) is 0 Å². The highest BCUT2D eigenvalue weighted by atomic mass is 16.5. The van der Waals surface area contributed by atoms with Crippen molar-refractivity contribution in [1.82, 2.24) is 0 Å². The Morgan fingerprint density at radius 1 is 1.04 bits per heavy atom. The van der Waals surface area contributed by atoms with Gasteiger partial charge in [0, 0.05) is 31.5 Å². The van der Waals surface area contributed by atoms with Gasteiger partial charge in [0.25, 0.3) is 0 Å². The molecule has 0 amide bonds. The lowest BCUT2D eigenvalue weighted by Crippen LogP contribution is -2.22. The Bertz CT molecular complexity index is 630. The molecule has 3 N–H and O–H groups in total. The fourth-order valence-corrected chi connectivity index (χ4v) is 2.11. The molecule has 24 heavy (non-hydrogen) atoms. The van der Waals surface area contributed by atoms with Gasteiger partial charge in [0.05, 0.1) is 0 Å². The predicted molar refractivity (Wildman–Crippen MR) is 98.8 cm³/mol. The number of hydrogen-bond donors (Lipinski definition) is 2. The van der Waals surface area contributed by atoms with Crippen LogP contribution in [0.25, 0.3) is 0 Å². The Labute approximate surface area is 143 Å². The zero-order valence-corrected chi connectivity index (χ0v) is 14.1. The zero-order valence-electron chi connectivity index (χ0n) is 14.1. The Balaban J connectivity index is 1.82. The second-order valence-electron chi connectivity index (χ2n) is 5.24. The van der Waals surface area contributed by atoms with E-state index in [1.165, 1.54) is 0 Å². The minimum Gasteiger partial charge on any atom is -0.457 e. The first-order valence-corrected chi connectivity index (χ1v) is 8.25. The molecule has 0 aliphatic carbocycles. The van der Waals surface area contributed by atoms with Gasteiger partial charge in [0.2, 0.25) is 0 Å². The van der Waals surface area contributed by atoms with E-state index in [9.17, 15) is 0 Å². The number of benzene rings is 2. The summed E-state index contributed by atoms with van der Waals surface area (Å²) in [7, 11) is 0. The standard InChI is InChI=1S/C19H25N3O2/c1-2-23-14-7-6-13-21-19(20)22-16-9-8-12-18(15-16)24-17-10-4-3-5-11-17/h3-5,8-12,15H,2,6-7,13-14H2,1H3,(H3,20,21,22). The van der Waals surface area contributed by atoms with Crippen molar-refractivity contribution in [3.8, 4) is 11.5 Å². The van der Waals surface area contributed by atoms with Gasteiger partial charge in [-0.2, -0.15) is 0 Å². The normalized spacial score (nSPS) is 11.3. The quantitative estimate of drug-likeness (QED) is 0.414. The average Bonchev–Trinajstić information content (AvgIpc) is 2.59. The number of unbranched alkanes of at least 4 members (excludes halogenated alkanes) is 1. The molecule has 0 atom stereocenters. The van der Waals surface area contributed by atoms with E-state index in [0.29, 0.717) is 12.5 Å². The third-order valence-corrected chi connectivity index (χ3v) is 3.27. The van der Waals surface area contributed by atoms with Crippen molar-refractivity contribution >= 4 is 11.6 Å². The van der Waals surface area contributed by atoms with E-state index in [-0.39, 0.29) is 0 Å². The number of aliphatic imine (C=N–C) groups is 1. The van der Waals surface area contributed by atoms with Gasteiger partial charge in [-0.25, -0.2) is 0 Å². The maximum absolute atomic E-state index is 5.92. The summed E-state index contributed by atoms with van der Waals surface area (Å²) < 4.78 is 11.1. The van der Waals surface area contributed by atoms with Gasteiger partial charge in [-0.15, -0.1) is 0 Å². The summed E-state index contributed by atoms with van der Waals surface area (Å²) >= 11 is 0. The van der Waals surface area contributed by atoms with Gasteiger partial charge in [0.1, 0.15) is 11.5 Å². The van der Waals surface area contributed by atoms with E-state index in [2.05, 4.69) is 10.3 Å². The van der Waals surface area contributed by atoms with Crippen LogP contribution in [0.15, 0.2) is 59.6 Å². The third-order valence-electron chi connectivity index (χ3n) is 3.27. The fraction of sp³-hybridized carbons (Fsp3) is 0.316. The number of guanidine groups is 1. The molecule has 0 heterocycles. The van der Waals surface area contributed by atoms with Crippen LogP contribution in [0, 0.1) is 0 Å². The first-order chi connectivity index (χ1) is 11.8. The van der Waals surface area contributed by atoms with E-state index >= 15 is 0 Å². The van der Waals surface area contributed by atoms with E-state index in [4.69, 9.17) is 15.2 Å². The molecular weight excluding hydrogens is 302 g/mol. The number of hydrogen-bond acceptors (Lipinski definition) is 3. The lowest BCUT2D eigenvalue weighted by Gasteiger charge is -2.09. The van der Waals surface area contributed by atoms with Crippen LogP contribution in [0.4, 0.5) is 5.69 Å². The lowest BCUT2D eigenvalue weighted by atomic mass is 10.3. The highest BCUT2D eigenvalue weighted by Gasteiger charge is 2.00. The van der Waals surface area contributed by atoms with Gasteiger partial charge in [0.15, 0.2) is 5.96 Å². The fourth-order valence-electron chi connectivity index (χ4n) is 2.11. The zero-order chi connectivity index (χ0) is 17.0. The van der Waals surface area contributed by atoms with Gasteiger partial charge in [-0.1, -0.05) is 24.3 Å². The maximum atomic E-state index is 5.92. The van der Waals surface area contributed by atoms with Crippen LogP contribution in [0.5, 0.6) is 11.5 Å². The maximum Gasteiger partial charge on any atom is 0.193 e. The number of rotatable bonds is 9. The molecule has 0 unspecified atom stereocenters. The highest BCUT2D eigenvalue weighted by Crippen LogP contribution is 2.23. The minimum atomic E-state index is 0.406. The molecule has 0 spiro atoms. The molecule has 0 aromatic heterocycles. The summed E-state index contributed by atoms with van der Waals surface area (Å²) in [4.78, 5) is 4.32. The smallest absolute Gasteiger partial charge is 0.193 e. The SMILES string of the molecule is CCOCCCCN=C(N)Nc1cccc(Oc2ccccc2)c1. The average molecular weight is 327 g/mol. The molecule has 0 radical (unpaired) electrons. The Hall–Kier alpha value is -2.53. The van der Waals surface area contributed by atoms with Crippen LogP contribution < -0.4 is 15.8 Å². The van der Waals surface area contributed by atoms with Crippen molar-refractivity contribution in [2.45, 2.75) is 19.8 Å². The van der Waals surface area contributed by atoms with Crippen LogP contribution in [0.1, 0.15) is 19.8 Å². The van der Waals surface area contributed by atoms with Crippen molar-refractivity contribution in [2.24, 2.45) is 10.7 Å². The van der Waals surface area contributed by atoms with E-state index in [1.54, 1.807) is 0 Å². The van der Waals surface area contributed by atoms with Crippen LogP contribution in [0.2, 0.25) is 0 Å². The van der Waals surface area contributed by atoms with Gasteiger partial charge in [-0.3, -0.25) is 4.99 Å². The molecular formula is C19H25N3O2. The summed E-state index contributed by atoms with van der Waals surface area (Å²) in [5, 5.41) is 3.09. The van der Waals surface area contributed by atoms with Crippen LogP contribution >= 0.6 is 0 Å². The van der Waals surface area contributed by atoms with Crippen LogP contribution in [-0.2, 0) is 4.74 Å². The van der Waals surface area contributed by atoms with Gasteiger partial charge < -0.3 is 20.5 Å². The van der Waals surface area contributed by atoms with Crippen molar-refractivity contribution in [3.05, 3.63) is 54.6 Å². The van der Waals surface area contributed by atoms with E-state index in [1.807, 2.05) is 61.5 Å². The molecule has 128 valence electrons. The third kappa shape index (κ3) is 6.71. The van der Waals surface area contributed by atoms with Gasteiger partial charge in [-0.05, 0) is 44.0 Å². The van der Waals surface area contributed by atoms with Crippen molar-refractivity contribution < 1.29 is 9.47 Å². The summed E-state index contributed by atoms with van der Waals surface area (Å²) in [6, 6.07) is 17.3. The molecule has 0 aliphatic rings. The number of nitrogens with zero attached hydrogens (tertiary/aromatic N) is 1. The van der Waals surface area contributed by atoms with Crippen LogP contribution in [-0.4, -0.2) is 25.7 Å². The largest absolute Gasteiger partial charge is 0.457 e.